The predicted octanol–water partition coefficient (Wildman–Crippen LogP) is 5.58. The van der Waals surface area contributed by atoms with Crippen LogP contribution < -0.4 is 10.2 Å². The van der Waals surface area contributed by atoms with E-state index in [4.69, 9.17) is 27.9 Å². The maximum atomic E-state index is 12.3. The minimum Gasteiger partial charge on any atom is -0.423 e. The molecule has 8 heteroatoms. The first-order chi connectivity index (χ1) is 13.9. The van der Waals surface area contributed by atoms with E-state index in [1.807, 2.05) is 12.1 Å². The molecule has 0 spiro atoms. The maximum Gasteiger partial charge on any atom is 0.345 e. The Labute approximate surface area is 190 Å². The van der Waals surface area contributed by atoms with Crippen molar-refractivity contribution < 1.29 is 14.3 Å². The topological polar surface area (TPSA) is 67.8 Å². The molecule has 0 saturated heterocycles. The van der Waals surface area contributed by atoms with Gasteiger partial charge in [-0.3, -0.25) is 4.79 Å². The number of amides is 1. The Bertz CT molecular complexity index is 1100. The van der Waals surface area contributed by atoms with Crippen LogP contribution in [0, 0.1) is 3.57 Å². The summed E-state index contributed by atoms with van der Waals surface area (Å²) in [7, 11) is 0. The van der Waals surface area contributed by atoms with Gasteiger partial charge in [0.1, 0.15) is 5.75 Å². The van der Waals surface area contributed by atoms with E-state index in [0.717, 1.165) is 3.57 Å². The van der Waals surface area contributed by atoms with Gasteiger partial charge in [0.05, 0.1) is 22.4 Å². The van der Waals surface area contributed by atoms with E-state index in [1.54, 1.807) is 42.5 Å². The fourth-order valence-electron chi connectivity index (χ4n) is 2.35. The van der Waals surface area contributed by atoms with Crippen LogP contribution in [0.25, 0.3) is 0 Å². The van der Waals surface area contributed by atoms with Gasteiger partial charge in [-0.1, -0.05) is 47.5 Å². The first-order valence-electron chi connectivity index (χ1n) is 8.29. The summed E-state index contributed by atoms with van der Waals surface area (Å²) in [6.07, 6.45) is 1.46. The third-order valence-corrected chi connectivity index (χ3v) is 5.21. The molecule has 0 aromatic heterocycles. The van der Waals surface area contributed by atoms with Crippen LogP contribution in [0.15, 0.2) is 71.8 Å². The Morgan fingerprint density at radius 1 is 0.966 bits per heavy atom. The van der Waals surface area contributed by atoms with Crippen LogP contribution in [0.1, 0.15) is 26.3 Å². The standard InChI is InChI=1S/C21H13Cl2IN2O3/c22-14-8-9-16(18(23)11-14)21(28)29-15-5-3-4-13(10-15)12-25-26-20(27)17-6-1-2-7-19(17)24/h1-12H,(H,26,27)/b25-12+. The highest BCUT2D eigenvalue weighted by Crippen LogP contribution is 2.23. The Morgan fingerprint density at radius 2 is 1.76 bits per heavy atom. The monoisotopic (exact) mass is 538 g/mol. The molecule has 0 aliphatic rings. The molecule has 0 atom stereocenters. The number of hydrazone groups is 1. The Kier molecular flexibility index (Phi) is 7.24. The number of halogens is 3. The number of hydrogen-bond donors (Lipinski definition) is 1. The van der Waals surface area contributed by atoms with Crippen LogP contribution in [0.5, 0.6) is 5.75 Å². The van der Waals surface area contributed by atoms with Gasteiger partial charge in [-0.2, -0.15) is 5.10 Å². The van der Waals surface area contributed by atoms with Gasteiger partial charge in [0.2, 0.25) is 0 Å². The zero-order chi connectivity index (χ0) is 20.8. The van der Waals surface area contributed by atoms with E-state index in [-0.39, 0.29) is 16.5 Å². The Morgan fingerprint density at radius 3 is 2.52 bits per heavy atom. The summed E-state index contributed by atoms with van der Waals surface area (Å²) in [5, 5.41) is 4.59. The van der Waals surface area contributed by atoms with Crippen molar-refractivity contribution in [1.29, 1.82) is 0 Å². The lowest BCUT2D eigenvalue weighted by atomic mass is 10.2. The highest BCUT2D eigenvalue weighted by atomic mass is 127. The van der Waals surface area contributed by atoms with E-state index >= 15 is 0 Å². The zero-order valence-electron chi connectivity index (χ0n) is 14.7. The predicted molar refractivity (Wildman–Crippen MR) is 122 cm³/mol. The molecule has 1 N–H and O–H groups in total. The van der Waals surface area contributed by atoms with E-state index in [1.165, 1.54) is 18.3 Å². The number of esters is 1. The average molecular weight is 539 g/mol. The minimum absolute atomic E-state index is 0.207. The molecule has 3 aromatic carbocycles. The van der Waals surface area contributed by atoms with E-state index in [2.05, 4.69) is 33.1 Å². The van der Waals surface area contributed by atoms with Crippen molar-refractivity contribution in [3.05, 3.63) is 97.0 Å². The fraction of sp³-hybridized carbons (Fsp3) is 0. The normalized spacial score (nSPS) is 10.7. The summed E-state index contributed by atoms with van der Waals surface area (Å²) < 4.78 is 6.18. The first kappa shape index (κ1) is 21.3. The lowest BCUT2D eigenvalue weighted by Gasteiger charge is -2.07. The number of hydrogen-bond acceptors (Lipinski definition) is 4. The van der Waals surface area contributed by atoms with Crippen LogP contribution in [0.4, 0.5) is 0 Å². The van der Waals surface area contributed by atoms with Crippen LogP contribution in [0.2, 0.25) is 10.0 Å². The van der Waals surface area contributed by atoms with Gasteiger partial charge in [0.15, 0.2) is 0 Å². The molecule has 0 heterocycles. The van der Waals surface area contributed by atoms with E-state index in [0.29, 0.717) is 21.9 Å². The molecule has 0 aliphatic heterocycles. The molecule has 3 rings (SSSR count). The Balaban J connectivity index is 1.66. The van der Waals surface area contributed by atoms with Crippen molar-refractivity contribution >= 4 is 63.9 Å². The van der Waals surface area contributed by atoms with Crippen molar-refractivity contribution in [3.8, 4) is 5.75 Å². The molecule has 0 fully saturated rings. The van der Waals surface area contributed by atoms with E-state index in [9.17, 15) is 9.59 Å². The van der Waals surface area contributed by atoms with Gasteiger partial charge in [-0.05, 0) is 70.6 Å². The number of benzene rings is 3. The average Bonchev–Trinajstić information content (AvgIpc) is 2.68. The number of rotatable bonds is 5. The number of nitrogens with zero attached hydrogens (tertiary/aromatic N) is 1. The highest BCUT2D eigenvalue weighted by Gasteiger charge is 2.13. The molecular weight excluding hydrogens is 526 g/mol. The number of nitrogens with one attached hydrogen (secondary N) is 1. The van der Waals surface area contributed by atoms with Crippen molar-refractivity contribution in [3.63, 3.8) is 0 Å². The number of ether oxygens (including phenoxy) is 1. The zero-order valence-corrected chi connectivity index (χ0v) is 18.4. The van der Waals surface area contributed by atoms with Crippen LogP contribution in [-0.2, 0) is 0 Å². The number of carbonyl (C=O) groups excluding carboxylic acids is 2. The molecule has 146 valence electrons. The molecule has 0 aliphatic carbocycles. The molecular formula is C21H13Cl2IN2O3. The van der Waals surface area contributed by atoms with Gasteiger partial charge in [0, 0.05) is 8.59 Å². The first-order valence-corrected chi connectivity index (χ1v) is 10.1. The molecule has 0 bridgehead atoms. The number of carbonyl (C=O) groups is 2. The minimum atomic E-state index is -0.604. The fourth-order valence-corrected chi connectivity index (χ4v) is 3.46. The highest BCUT2D eigenvalue weighted by molar-refractivity contribution is 14.1. The summed E-state index contributed by atoms with van der Waals surface area (Å²) >= 11 is 14.0. The second kappa shape index (κ2) is 9.87. The molecule has 29 heavy (non-hydrogen) atoms. The summed E-state index contributed by atoms with van der Waals surface area (Å²) in [4.78, 5) is 24.5. The van der Waals surface area contributed by atoms with Gasteiger partial charge in [0.25, 0.3) is 5.91 Å². The molecule has 0 saturated carbocycles. The molecule has 0 radical (unpaired) electrons. The van der Waals surface area contributed by atoms with Crippen LogP contribution in [0.3, 0.4) is 0 Å². The maximum absolute atomic E-state index is 12.3. The molecule has 5 nitrogen and oxygen atoms in total. The van der Waals surface area contributed by atoms with Crippen molar-refractivity contribution in [2.45, 2.75) is 0 Å². The summed E-state index contributed by atoms with van der Waals surface area (Å²) in [5.41, 5.74) is 3.86. The van der Waals surface area contributed by atoms with Gasteiger partial charge >= 0.3 is 5.97 Å². The molecule has 3 aromatic rings. The van der Waals surface area contributed by atoms with Crippen LogP contribution >= 0.6 is 45.8 Å². The Hall–Kier alpha value is -2.42. The lowest BCUT2D eigenvalue weighted by Crippen LogP contribution is -2.18. The SMILES string of the molecule is O=C(Oc1cccc(/C=N/NC(=O)c2ccccc2I)c1)c1ccc(Cl)cc1Cl. The quantitative estimate of drug-likeness (QED) is 0.151. The largest absolute Gasteiger partial charge is 0.423 e. The third-order valence-electron chi connectivity index (χ3n) is 3.72. The molecule has 0 unspecified atom stereocenters. The summed E-state index contributed by atoms with van der Waals surface area (Å²) in [6.45, 7) is 0. The second-order valence-electron chi connectivity index (χ2n) is 5.77. The van der Waals surface area contributed by atoms with Gasteiger partial charge in [-0.25, -0.2) is 10.2 Å². The summed E-state index contributed by atoms with van der Waals surface area (Å²) in [6, 6.07) is 18.4. The van der Waals surface area contributed by atoms with Gasteiger partial charge < -0.3 is 4.74 Å². The lowest BCUT2D eigenvalue weighted by molar-refractivity contribution is 0.0734. The van der Waals surface area contributed by atoms with Crippen molar-refractivity contribution in [2.75, 3.05) is 0 Å². The smallest absolute Gasteiger partial charge is 0.345 e. The molecule has 1 amide bonds. The second-order valence-corrected chi connectivity index (χ2v) is 7.77. The van der Waals surface area contributed by atoms with Crippen molar-refractivity contribution in [2.24, 2.45) is 5.10 Å². The third kappa shape index (κ3) is 5.79. The van der Waals surface area contributed by atoms with Crippen molar-refractivity contribution in [1.82, 2.24) is 5.43 Å². The van der Waals surface area contributed by atoms with E-state index < -0.39 is 5.97 Å². The van der Waals surface area contributed by atoms with Gasteiger partial charge in [-0.15, -0.1) is 0 Å². The van der Waals surface area contributed by atoms with Crippen LogP contribution in [-0.4, -0.2) is 18.1 Å². The summed E-state index contributed by atoms with van der Waals surface area (Å²) in [5.74, 6) is -0.604.